The zero-order chi connectivity index (χ0) is 28.4. The number of β-lactam (4-membered cyclic amide) rings is 1. The smallest absolute Gasteiger partial charge is 0.352 e. The molecule has 0 spiro atoms. The first kappa shape index (κ1) is 28.9. The largest absolute Gasteiger partial charge is 0.477 e. The van der Waals surface area contributed by atoms with Gasteiger partial charge in [-0.25, -0.2) is 9.89 Å². The van der Waals surface area contributed by atoms with Crippen LogP contribution in [0.5, 0.6) is 0 Å². The third kappa shape index (κ3) is 5.93. The summed E-state index contributed by atoms with van der Waals surface area (Å²) in [4.78, 5) is 39.9. The van der Waals surface area contributed by atoms with Crippen molar-refractivity contribution in [2.24, 2.45) is 5.73 Å². The summed E-state index contributed by atoms with van der Waals surface area (Å²) in [6.45, 7) is -0.244. The van der Waals surface area contributed by atoms with E-state index < -0.39 is 50.5 Å². The molecular weight excluding hydrogens is 576 g/mol. The van der Waals surface area contributed by atoms with Gasteiger partial charge in [-0.3, -0.25) is 19.0 Å². The maximum atomic E-state index is 13.5. The fourth-order valence-electron chi connectivity index (χ4n) is 4.18. The number of hydrogen-bond acceptors (Lipinski definition) is 12. The van der Waals surface area contributed by atoms with Gasteiger partial charge in [0.2, 0.25) is 11.1 Å². The van der Waals surface area contributed by atoms with E-state index in [1.807, 2.05) is 4.72 Å². The maximum Gasteiger partial charge on any atom is 0.352 e. The summed E-state index contributed by atoms with van der Waals surface area (Å²) in [5, 5.41) is 24.5. The number of benzene rings is 1. The van der Waals surface area contributed by atoms with E-state index in [-0.39, 0.29) is 35.1 Å². The number of nitrogens with one attached hydrogen (secondary N) is 3. The van der Waals surface area contributed by atoms with Gasteiger partial charge in [-0.1, -0.05) is 42.1 Å². The number of carbonyl (C=O) groups excluding carboxylic acids is 2. The highest BCUT2D eigenvalue weighted by Crippen LogP contribution is 2.49. The molecule has 39 heavy (non-hydrogen) atoms. The number of H-pyrrole nitrogens is 1. The predicted molar refractivity (Wildman–Crippen MR) is 137 cm³/mol. The van der Waals surface area contributed by atoms with E-state index >= 15 is 0 Å². The van der Waals surface area contributed by atoms with Gasteiger partial charge in [0.1, 0.15) is 17.1 Å². The number of carboxylic acids is 1. The van der Waals surface area contributed by atoms with Crippen molar-refractivity contribution in [2.75, 3.05) is 19.4 Å². The number of carboxylic acid groups (broad SMARTS) is 1. The highest BCUT2D eigenvalue weighted by Gasteiger charge is 2.67. The first-order chi connectivity index (χ1) is 18.5. The molecule has 2 amide bonds. The summed E-state index contributed by atoms with van der Waals surface area (Å²) >= 11 is 2.17. The number of aromatic nitrogens is 4. The molecule has 4 rings (SSSR count). The Balaban J connectivity index is 1.62. The van der Waals surface area contributed by atoms with Gasteiger partial charge in [-0.05, 0) is 28.0 Å². The summed E-state index contributed by atoms with van der Waals surface area (Å²) in [6.07, 6.45) is 0.0165. The average molecular weight is 601 g/mol. The normalized spacial score (nSPS) is 22.6. The third-order valence-electron chi connectivity index (χ3n) is 5.99. The molecule has 0 bridgehead atoms. The Morgan fingerprint density at radius 1 is 1.38 bits per heavy atom. The number of nitrogens with zero attached hydrogens (tertiary/aromatic N) is 4. The van der Waals surface area contributed by atoms with E-state index in [2.05, 4.69) is 25.9 Å². The van der Waals surface area contributed by atoms with Gasteiger partial charge in [0.05, 0.1) is 0 Å². The van der Waals surface area contributed by atoms with E-state index in [1.54, 1.807) is 30.3 Å². The van der Waals surface area contributed by atoms with Gasteiger partial charge in [-0.2, -0.15) is 13.1 Å². The number of tetrazole rings is 1. The Kier molecular flexibility index (Phi) is 8.59. The van der Waals surface area contributed by atoms with Crippen LogP contribution >= 0.6 is 23.5 Å². The van der Waals surface area contributed by atoms with Crippen LogP contribution in [-0.4, -0.2) is 97.1 Å². The molecule has 2 unspecified atom stereocenters. The molecule has 2 aromatic rings. The van der Waals surface area contributed by atoms with E-state index in [4.69, 9.17) is 15.0 Å². The van der Waals surface area contributed by atoms with Crippen LogP contribution in [0.15, 0.2) is 46.8 Å². The lowest BCUT2D eigenvalue weighted by atomic mass is 9.96. The zero-order valence-corrected chi connectivity index (χ0v) is 22.6. The van der Waals surface area contributed by atoms with Gasteiger partial charge < -0.3 is 20.9 Å². The second-order valence-corrected chi connectivity index (χ2v) is 11.8. The van der Waals surface area contributed by atoms with Crippen molar-refractivity contribution in [1.29, 1.82) is 0 Å². The molecule has 1 fully saturated rings. The molecule has 16 nitrogen and oxygen atoms in total. The molecule has 2 aliphatic heterocycles. The molecule has 210 valence electrons. The highest BCUT2D eigenvalue weighted by molar-refractivity contribution is 8.01. The molecule has 0 saturated carbocycles. The minimum Gasteiger partial charge on any atom is -0.477 e. The van der Waals surface area contributed by atoms with Crippen LogP contribution in [0.1, 0.15) is 18.0 Å². The van der Waals surface area contributed by atoms with Crippen LogP contribution in [0.4, 0.5) is 0 Å². The lowest BCUT2D eigenvalue weighted by Gasteiger charge is -2.56. The average Bonchev–Trinajstić information content (AvgIpc) is 3.42. The summed E-state index contributed by atoms with van der Waals surface area (Å²) in [5.41, 5.74) is 4.68. The first-order valence-electron chi connectivity index (χ1n) is 11.2. The number of ether oxygens (including phenoxy) is 1. The zero-order valence-electron chi connectivity index (χ0n) is 20.2. The van der Waals surface area contributed by atoms with Crippen molar-refractivity contribution in [3.8, 4) is 0 Å². The number of carbonyl (C=O) groups is 3. The third-order valence-corrected chi connectivity index (χ3v) is 9.10. The topological polar surface area (TPSA) is 243 Å². The molecule has 2 aliphatic rings. The van der Waals surface area contributed by atoms with Crippen LogP contribution in [-0.2, 0) is 29.4 Å². The summed E-state index contributed by atoms with van der Waals surface area (Å²) < 4.78 is 38.7. The number of aromatic amines is 1. The van der Waals surface area contributed by atoms with Gasteiger partial charge in [0.15, 0.2) is 0 Å². The Morgan fingerprint density at radius 2 is 2.10 bits per heavy atom. The Bertz CT molecular complexity index is 1370. The van der Waals surface area contributed by atoms with E-state index in [0.717, 1.165) is 28.4 Å². The van der Waals surface area contributed by atoms with Crippen molar-refractivity contribution < 1.29 is 37.2 Å². The van der Waals surface area contributed by atoms with E-state index in [0.29, 0.717) is 5.56 Å². The Morgan fingerprint density at radius 3 is 2.69 bits per heavy atom. The molecule has 1 aromatic heterocycles. The minimum absolute atomic E-state index is 0.0165. The number of thioether (sulfide) groups is 2. The lowest BCUT2D eigenvalue weighted by molar-refractivity contribution is -0.192. The summed E-state index contributed by atoms with van der Waals surface area (Å²) in [7, 11) is -3.27. The molecule has 1 aromatic carbocycles. The van der Waals surface area contributed by atoms with Gasteiger partial charge in [-0.15, -0.1) is 16.9 Å². The van der Waals surface area contributed by atoms with Crippen molar-refractivity contribution >= 4 is 51.6 Å². The van der Waals surface area contributed by atoms with Crippen LogP contribution in [0, 0.1) is 0 Å². The van der Waals surface area contributed by atoms with Crippen LogP contribution in [0.3, 0.4) is 0 Å². The van der Waals surface area contributed by atoms with Crippen LogP contribution in [0.25, 0.3) is 0 Å². The standard InChI is InChI=1S/C20H24N8O8S3/c1-36-20(23-15(29)13(21)10-5-3-2-4-6-10)17(32)28-14(16(30)31)11(9-37-18(20)28)12(7-8-22-39(33,34)35)38-19-24-26-27-25-19/h2-6,12-13,18,22H,7-9,21H2,1H3,(H,23,29)(H,30,31)(H,33,34,35)(H,24,25,26,27)/t12?,13?,18-,20-/m0/s1. The molecule has 19 heteroatoms. The maximum absolute atomic E-state index is 13.5. The number of amides is 2. The first-order valence-corrected chi connectivity index (χ1v) is 14.6. The molecule has 3 heterocycles. The quantitative estimate of drug-likeness (QED) is 0.0730. The molecule has 0 aliphatic carbocycles. The number of aliphatic carboxylic acids is 1. The summed E-state index contributed by atoms with van der Waals surface area (Å²) in [6, 6.07) is 7.39. The lowest BCUT2D eigenvalue weighted by Crippen LogP contribution is -2.81. The number of hydrogen-bond donors (Lipinski definition) is 6. The molecule has 7 N–H and O–H groups in total. The van der Waals surface area contributed by atoms with Gasteiger partial charge in [0, 0.05) is 24.7 Å². The van der Waals surface area contributed by atoms with Crippen LogP contribution < -0.4 is 15.8 Å². The van der Waals surface area contributed by atoms with E-state index in [9.17, 15) is 27.9 Å². The van der Waals surface area contributed by atoms with Crippen molar-refractivity contribution in [3.05, 3.63) is 47.2 Å². The van der Waals surface area contributed by atoms with Crippen molar-refractivity contribution in [3.63, 3.8) is 0 Å². The number of rotatable bonds is 12. The van der Waals surface area contributed by atoms with Gasteiger partial charge in [0.25, 0.3) is 11.6 Å². The fraction of sp³-hybridized carbons (Fsp3) is 0.400. The van der Waals surface area contributed by atoms with Gasteiger partial charge >= 0.3 is 16.3 Å². The number of fused-ring (bicyclic) bond motifs is 1. The van der Waals surface area contributed by atoms with Crippen LogP contribution in [0.2, 0.25) is 0 Å². The SMILES string of the molecule is CO[C@@]1(NC(=O)C(N)c2ccccc2)C(=O)N2C(C(=O)O)=C(C(CCNS(=O)(=O)O)Sc3nnn[nH]3)CS[C@H]21. The second-order valence-electron chi connectivity index (χ2n) is 8.31. The predicted octanol–water partition coefficient (Wildman–Crippen LogP) is -1.14. The fourth-order valence-corrected chi connectivity index (χ4v) is 7.20. The minimum atomic E-state index is -4.49. The molecule has 1 saturated heterocycles. The number of methoxy groups -OCH3 is 1. The monoisotopic (exact) mass is 600 g/mol. The number of nitrogens with two attached hydrogens (primary N) is 1. The molecule has 4 atom stereocenters. The molecule has 0 radical (unpaired) electrons. The highest BCUT2D eigenvalue weighted by atomic mass is 32.2. The second kappa shape index (κ2) is 11.6. The van der Waals surface area contributed by atoms with E-state index in [1.165, 1.54) is 7.11 Å². The Hall–Kier alpha value is -3.07. The summed E-state index contributed by atoms with van der Waals surface area (Å²) in [5.74, 6) is -2.84. The molecular formula is C20H24N8O8S3. The van der Waals surface area contributed by atoms with Crippen molar-refractivity contribution in [1.82, 2.24) is 35.6 Å². The Labute approximate surface area is 230 Å². The van der Waals surface area contributed by atoms with Crippen molar-refractivity contribution in [2.45, 2.75) is 34.0 Å².